The molecule has 1 aromatic carbocycles. The first kappa shape index (κ1) is 11.0. The van der Waals surface area contributed by atoms with Gasteiger partial charge in [0.25, 0.3) is 0 Å². The first-order chi connectivity index (χ1) is 8.74. The van der Waals surface area contributed by atoms with Gasteiger partial charge in [0.2, 0.25) is 0 Å². The molecule has 0 saturated carbocycles. The summed E-state index contributed by atoms with van der Waals surface area (Å²) < 4.78 is 2.17. The van der Waals surface area contributed by atoms with Crippen LogP contribution in [0.4, 0.5) is 0 Å². The van der Waals surface area contributed by atoms with Gasteiger partial charge in [-0.3, -0.25) is 0 Å². The highest BCUT2D eigenvalue weighted by Gasteiger charge is 2.06. The summed E-state index contributed by atoms with van der Waals surface area (Å²) in [6.45, 7) is 4.25. The Bertz CT molecular complexity index is 695. The van der Waals surface area contributed by atoms with E-state index in [-0.39, 0.29) is 0 Å². The van der Waals surface area contributed by atoms with Crippen molar-refractivity contribution in [3.8, 4) is 0 Å². The summed E-state index contributed by atoms with van der Waals surface area (Å²) in [5.74, 6) is 1.10. The second kappa shape index (κ2) is 4.30. The molecular formula is C16H16N2. The number of nitrogens with zero attached hydrogens (tertiary/aromatic N) is 2. The Labute approximate surface area is 107 Å². The van der Waals surface area contributed by atoms with Crippen molar-refractivity contribution in [3.05, 3.63) is 71.3 Å². The summed E-state index contributed by atoms with van der Waals surface area (Å²) in [6, 6.07) is 12.8. The number of rotatable bonds is 2. The first-order valence-corrected chi connectivity index (χ1v) is 6.21. The van der Waals surface area contributed by atoms with E-state index in [1.165, 1.54) is 22.2 Å². The van der Waals surface area contributed by atoms with Gasteiger partial charge in [0.15, 0.2) is 0 Å². The second-order valence-electron chi connectivity index (χ2n) is 4.78. The summed E-state index contributed by atoms with van der Waals surface area (Å²) >= 11 is 0. The minimum absolute atomic E-state index is 0.879. The Morgan fingerprint density at radius 2 is 1.94 bits per heavy atom. The Hall–Kier alpha value is -2.09. The van der Waals surface area contributed by atoms with Crippen molar-refractivity contribution in [2.24, 2.45) is 0 Å². The molecule has 18 heavy (non-hydrogen) atoms. The van der Waals surface area contributed by atoms with Crippen molar-refractivity contribution in [2.75, 3.05) is 0 Å². The van der Waals surface area contributed by atoms with Crippen LogP contribution in [0.25, 0.3) is 5.52 Å². The summed E-state index contributed by atoms with van der Waals surface area (Å²) in [5.41, 5.74) is 5.09. The highest BCUT2D eigenvalue weighted by Crippen LogP contribution is 2.15. The molecule has 0 unspecified atom stereocenters. The fourth-order valence-corrected chi connectivity index (χ4v) is 2.28. The molecule has 0 atom stereocenters. The van der Waals surface area contributed by atoms with Crippen LogP contribution < -0.4 is 0 Å². The standard InChI is InChI=1S/C16H16N2/c1-12-7-8-18-15(9-12)11-17-16(18)10-14-6-4-3-5-13(14)2/h3-9,11H,10H2,1-2H3. The van der Waals surface area contributed by atoms with Gasteiger partial charge in [0, 0.05) is 12.6 Å². The van der Waals surface area contributed by atoms with Crippen molar-refractivity contribution < 1.29 is 0 Å². The lowest BCUT2D eigenvalue weighted by Gasteiger charge is -2.05. The predicted octanol–water partition coefficient (Wildman–Crippen LogP) is 3.54. The number of pyridine rings is 1. The number of imidazole rings is 1. The molecule has 0 aliphatic heterocycles. The van der Waals surface area contributed by atoms with Crippen LogP contribution in [0, 0.1) is 13.8 Å². The van der Waals surface area contributed by atoms with E-state index in [9.17, 15) is 0 Å². The van der Waals surface area contributed by atoms with Crippen molar-refractivity contribution in [1.29, 1.82) is 0 Å². The van der Waals surface area contributed by atoms with Crippen LogP contribution in [0.15, 0.2) is 48.8 Å². The normalized spacial score (nSPS) is 11.0. The summed E-state index contributed by atoms with van der Waals surface area (Å²) in [4.78, 5) is 4.54. The molecule has 0 fully saturated rings. The van der Waals surface area contributed by atoms with E-state index < -0.39 is 0 Å². The number of aromatic nitrogens is 2. The van der Waals surface area contributed by atoms with Gasteiger partial charge in [-0.2, -0.15) is 0 Å². The fourth-order valence-electron chi connectivity index (χ4n) is 2.28. The number of aryl methyl sites for hydroxylation is 2. The number of hydrogen-bond donors (Lipinski definition) is 0. The lowest BCUT2D eigenvalue weighted by atomic mass is 10.1. The Kier molecular flexibility index (Phi) is 2.63. The Balaban J connectivity index is 2.03. The largest absolute Gasteiger partial charge is 0.303 e. The molecule has 0 radical (unpaired) electrons. The van der Waals surface area contributed by atoms with Crippen LogP contribution in [0.5, 0.6) is 0 Å². The SMILES string of the molecule is Cc1ccn2c(Cc3ccccc3C)ncc2c1. The Morgan fingerprint density at radius 1 is 1.11 bits per heavy atom. The average Bonchev–Trinajstić information content (AvgIpc) is 2.74. The number of hydrogen-bond acceptors (Lipinski definition) is 1. The zero-order chi connectivity index (χ0) is 12.5. The molecule has 0 aliphatic rings. The first-order valence-electron chi connectivity index (χ1n) is 6.21. The van der Waals surface area contributed by atoms with Crippen molar-refractivity contribution >= 4 is 5.52 Å². The van der Waals surface area contributed by atoms with Gasteiger partial charge in [0.05, 0.1) is 11.7 Å². The fraction of sp³-hybridized carbons (Fsp3) is 0.188. The van der Waals surface area contributed by atoms with Gasteiger partial charge in [-0.1, -0.05) is 24.3 Å². The summed E-state index contributed by atoms with van der Waals surface area (Å²) in [5, 5.41) is 0. The molecule has 2 nitrogen and oxygen atoms in total. The highest BCUT2D eigenvalue weighted by atomic mass is 15.0. The maximum atomic E-state index is 4.54. The van der Waals surface area contributed by atoms with Crippen LogP contribution in [0.1, 0.15) is 22.5 Å². The monoisotopic (exact) mass is 236 g/mol. The van der Waals surface area contributed by atoms with Gasteiger partial charge >= 0.3 is 0 Å². The van der Waals surface area contributed by atoms with Crippen molar-refractivity contribution in [3.63, 3.8) is 0 Å². The van der Waals surface area contributed by atoms with E-state index >= 15 is 0 Å². The molecule has 0 amide bonds. The maximum Gasteiger partial charge on any atom is 0.117 e. The zero-order valence-corrected chi connectivity index (χ0v) is 10.7. The topological polar surface area (TPSA) is 17.3 Å². The van der Waals surface area contributed by atoms with Gasteiger partial charge in [0.1, 0.15) is 5.82 Å². The molecule has 3 aromatic rings. The van der Waals surface area contributed by atoms with Crippen molar-refractivity contribution in [2.45, 2.75) is 20.3 Å². The van der Waals surface area contributed by atoms with E-state index in [0.717, 1.165) is 12.2 Å². The molecule has 3 rings (SSSR count). The lowest BCUT2D eigenvalue weighted by molar-refractivity contribution is 0.953. The third-order valence-corrected chi connectivity index (χ3v) is 3.37. The number of fused-ring (bicyclic) bond motifs is 1. The van der Waals surface area contributed by atoms with Crippen molar-refractivity contribution in [1.82, 2.24) is 9.38 Å². The van der Waals surface area contributed by atoms with Gasteiger partial charge in [-0.25, -0.2) is 4.98 Å². The van der Waals surface area contributed by atoms with E-state index in [4.69, 9.17) is 0 Å². The molecular weight excluding hydrogens is 220 g/mol. The molecule has 0 aliphatic carbocycles. The third kappa shape index (κ3) is 1.90. The van der Waals surface area contributed by atoms with Gasteiger partial charge in [-0.15, -0.1) is 0 Å². The van der Waals surface area contributed by atoms with E-state index in [1.807, 2.05) is 6.20 Å². The molecule has 0 spiro atoms. The molecule has 0 N–H and O–H groups in total. The highest BCUT2D eigenvalue weighted by molar-refractivity contribution is 5.48. The predicted molar refractivity (Wildman–Crippen MR) is 73.9 cm³/mol. The second-order valence-corrected chi connectivity index (χ2v) is 4.78. The maximum absolute atomic E-state index is 4.54. The molecule has 2 aromatic heterocycles. The molecule has 2 heterocycles. The molecule has 0 bridgehead atoms. The minimum Gasteiger partial charge on any atom is -0.303 e. The minimum atomic E-state index is 0.879. The van der Waals surface area contributed by atoms with Gasteiger partial charge in [-0.05, 0) is 42.7 Å². The third-order valence-electron chi connectivity index (χ3n) is 3.37. The van der Waals surface area contributed by atoms with Crippen LogP contribution >= 0.6 is 0 Å². The zero-order valence-electron chi connectivity index (χ0n) is 10.7. The quantitative estimate of drug-likeness (QED) is 0.665. The van der Waals surface area contributed by atoms with Crippen LogP contribution in [0.2, 0.25) is 0 Å². The molecule has 0 saturated heterocycles. The Morgan fingerprint density at radius 3 is 2.78 bits per heavy atom. The summed E-state index contributed by atoms with van der Waals surface area (Å²) in [7, 11) is 0. The van der Waals surface area contributed by atoms with Crippen LogP contribution in [0.3, 0.4) is 0 Å². The van der Waals surface area contributed by atoms with Crippen LogP contribution in [-0.2, 0) is 6.42 Å². The number of benzene rings is 1. The van der Waals surface area contributed by atoms with Gasteiger partial charge < -0.3 is 4.40 Å². The van der Waals surface area contributed by atoms with E-state index in [2.05, 4.69) is 65.8 Å². The van der Waals surface area contributed by atoms with E-state index in [1.54, 1.807) is 0 Å². The molecule has 90 valence electrons. The average molecular weight is 236 g/mol. The summed E-state index contributed by atoms with van der Waals surface area (Å²) in [6.07, 6.45) is 4.93. The van der Waals surface area contributed by atoms with Crippen LogP contribution in [-0.4, -0.2) is 9.38 Å². The molecule has 2 heteroatoms. The van der Waals surface area contributed by atoms with E-state index in [0.29, 0.717) is 0 Å². The smallest absolute Gasteiger partial charge is 0.117 e. The lowest BCUT2D eigenvalue weighted by Crippen LogP contribution is -1.98.